The molecule has 0 unspecified atom stereocenters. The first kappa shape index (κ1) is 14.9. The summed E-state index contributed by atoms with van der Waals surface area (Å²) in [4.78, 5) is 11.5. The van der Waals surface area contributed by atoms with E-state index in [2.05, 4.69) is 48.5 Å². The van der Waals surface area contributed by atoms with Crippen LogP contribution in [0.4, 0.5) is 0 Å². The van der Waals surface area contributed by atoms with Crippen LogP contribution in [-0.2, 0) is 10.2 Å². The summed E-state index contributed by atoms with van der Waals surface area (Å²) in [6, 6.07) is 0. The molecule has 1 rings (SSSR count). The van der Waals surface area contributed by atoms with Gasteiger partial charge in [-0.3, -0.25) is 4.79 Å². The van der Waals surface area contributed by atoms with Crippen LogP contribution >= 0.6 is 0 Å². The van der Waals surface area contributed by atoms with Gasteiger partial charge < -0.3 is 0 Å². The summed E-state index contributed by atoms with van der Waals surface area (Å²) in [6.07, 6.45) is 0.608. The number of hydrogen-bond donors (Lipinski definition) is 0. The van der Waals surface area contributed by atoms with Gasteiger partial charge in [-0.1, -0.05) is 13.8 Å². The van der Waals surface area contributed by atoms with Gasteiger partial charge in [0.1, 0.15) is 5.78 Å². The lowest BCUT2D eigenvalue weighted by Crippen LogP contribution is -2.24. The minimum Gasteiger partial charge on any atom is -0.300 e. The Balaban J connectivity index is 3.55. The normalized spacial score (nSPS) is 11.8. The molecule has 1 aromatic carbocycles. The highest BCUT2D eigenvalue weighted by atomic mass is 16.1. The highest BCUT2D eigenvalue weighted by Crippen LogP contribution is 2.37. The third-order valence-corrected chi connectivity index (χ3v) is 4.37. The maximum Gasteiger partial charge on any atom is 0.130 e. The monoisotopic (exact) mass is 246 g/mol. The molecule has 0 amide bonds. The van der Waals surface area contributed by atoms with Crippen LogP contribution in [0.1, 0.15) is 60.6 Å². The van der Waals surface area contributed by atoms with E-state index in [0.717, 1.165) is 0 Å². The molecule has 0 atom stereocenters. The Kier molecular flexibility index (Phi) is 4.05. The first-order chi connectivity index (χ1) is 8.09. The van der Waals surface area contributed by atoms with E-state index in [0.29, 0.717) is 6.42 Å². The van der Waals surface area contributed by atoms with Crippen LogP contribution in [0.3, 0.4) is 0 Å². The number of ketones is 1. The third-order valence-electron chi connectivity index (χ3n) is 4.37. The zero-order chi connectivity index (χ0) is 14.2. The first-order valence-corrected chi connectivity index (χ1v) is 6.66. The van der Waals surface area contributed by atoms with E-state index >= 15 is 0 Å². The number of carbonyl (C=O) groups is 1. The molecule has 100 valence electrons. The fraction of sp³-hybridized carbons (Fsp3) is 0.588. The second-order valence-corrected chi connectivity index (χ2v) is 6.26. The summed E-state index contributed by atoms with van der Waals surface area (Å²) >= 11 is 0. The lowest BCUT2D eigenvalue weighted by Gasteiger charge is -2.31. The maximum absolute atomic E-state index is 11.5. The van der Waals surface area contributed by atoms with Crippen molar-refractivity contribution in [2.45, 2.75) is 67.2 Å². The topological polar surface area (TPSA) is 17.1 Å². The van der Waals surface area contributed by atoms with Crippen molar-refractivity contribution in [1.29, 1.82) is 0 Å². The SMILES string of the molecule is CC(=O)CC(C)(C)c1c(C)c(C)c(C)c(C)c1C. The summed E-state index contributed by atoms with van der Waals surface area (Å²) < 4.78 is 0. The van der Waals surface area contributed by atoms with Crippen molar-refractivity contribution >= 4 is 5.78 Å². The molecular formula is C17H26O. The van der Waals surface area contributed by atoms with Crippen molar-refractivity contribution in [2.24, 2.45) is 0 Å². The molecule has 0 fully saturated rings. The highest BCUT2D eigenvalue weighted by Gasteiger charge is 2.28. The Morgan fingerprint density at radius 2 is 1.17 bits per heavy atom. The van der Waals surface area contributed by atoms with Crippen LogP contribution in [0.2, 0.25) is 0 Å². The number of rotatable bonds is 3. The summed E-state index contributed by atoms with van der Waals surface area (Å²) in [5.41, 5.74) is 8.09. The van der Waals surface area contributed by atoms with Gasteiger partial charge in [0.15, 0.2) is 0 Å². The Labute approximate surface area is 112 Å². The van der Waals surface area contributed by atoms with Crippen molar-refractivity contribution in [3.8, 4) is 0 Å². The molecule has 0 aliphatic heterocycles. The van der Waals surface area contributed by atoms with Crippen molar-refractivity contribution in [3.05, 3.63) is 33.4 Å². The van der Waals surface area contributed by atoms with E-state index in [1.807, 2.05) is 0 Å². The average Bonchev–Trinajstić information content (AvgIpc) is 2.21. The smallest absolute Gasteiger partial charge is 0.130 e. The van der Waals surface area contributed by atoms with E-state index < -0.39 is 0 Å². The number of carbonyl (C=O) groups excluding carboxylic acids is 1. The van der Waals surface area contributed by atoms with Crippen LogP contribution in [-0.4, -0.2) is 5.78 Å². The number of hydrogen-bond acceptors (Lipinski definition) is 1. The van der Waals surface area contributed by atoms with Gasteiger partial charge in [-0.25, -0.2) is 0 Å². The fourth-order valence-corrected chi connectivity index (χ4v) is 3.23. The van der Waals surface area contributed by atoms with Crippen LogP contribution in [0, 0.1) is 34.6 Å². The third kappa shape index (κ3) is 2.50. The van der Waals surface area contributed by atoms with E-state index in [1.165, 1.54) is 33.4 Å². The largest absolute Gasteiger partial charge is 0.300 e. The van der Waals surface area contributed by atoms with Crippen LogP contribution in [0.25, 0.3) is 0 Å². The Hall–Kier alpha value is -1.11. The molecule has 1 nitrogen and oxygen atoms in total. The van der Waals surface area contributed by atoms with Gasteiger partial charge in [0.2, 0.25) is 0 Å². The van der Waals surface area contributed by atoms with Crippen molar-refractivity contribution in [1.82, 2.24) is 0 Å². The minimum absolute atomic E-state index is 0.0801. The van der Waals surface area contributed by atoms with Gasteiger partial charge >= 0.3 is 0 Å². The van der Waals surface area contributed by atoms with Crippen molar-refractivity contribution in [3.63, 3.8) is 0 Å². The van der Waals surface area contributed by atoms with Gasteiger partial charge in [-0.05, 0) is 80.3 Å². The Morgan fingerprint density at radius 3 is 1.50 bits per heavy atom. The second kappa shape index (κ2) is 4.87. The van der Waals surface area contributed by atoms with Gasteiger partial charge in [0.05, 0.1) is 0 Å². The molecule has 0 aromatic heterocycles. The summed E-state index contributed by atoms with van der Waals surface area (Å²) in [5, 5.41) is 0. The highest BCUT2D eigenvalue weighted by molar-refractivity contribution is 5.77. The molecule has 0 aliphatic carbocycles. The van der Waals surface area contributed by atoms with Gasteiger partial charge in [-0.2, -0.15) is 0 Å². The van der Waals surface area contributed by atoms with Crippen LogP contribution < -0.4 is 0 Å². The van der Waals surface area contributed by atoms with Crippen LogP contribution in [0.5, 0.6) is 0 Å². The first-order valence-electron chi connectivity index (χ1n) is 6.66. The second-order valence-electron chi connectivity index (χ2n) is 6.26. The standard InChI is InChI=1S/C17H26O/c1-10(18)9-17(7,8)16-14(5)12(3)11(2)13(4)15(16)6/h9H2,1-8H3. The van der Waals surface area contributed by atoms with E-state index in [9.17, 15) is 4.79 Å². The predicted molar refractivity (Wildman–Crippen MR) is 78.5 cm³/mol. The quantitative estimate of drug-likeness (QED) is 0.768. The minimum atomic E-state index is -0.0801. The summed E-state index contributed by atoms with van der Waals surface area (Å²) in [6.45, 7) is 17.0. The molecule has 1 aromatic rings. The van der Waals surface area contributed by atoms with Gasteiger partial charge in [0, 0.05) is 6.42 Å². The molecule has 0 spiro atoms. The molecule has 0 saturated heterocycles. The zero-order valence-corrected chi connectivity index (χ0v) is 13.1. The van der Waals surface area contributed by atoms with Gasteiger partial charge in [0.25, 0.3) is 0 Å². The van der Waals surface area contributed by atoms with E-state index in [-0.39, 0.29) is 11.2 Å². The molecule has 1 heteroatoms. The summed E-state index contributed by atoms with van der Waals surface area (Å²) in [7, 11) is 0. The average molecular weight is 246 g/mol. The molecule has 0 radical (unpaired) electrons. The predicted octanol–water partition coefficient (Wildman–Crippen LogP) is 4.49. The molecule has 0 heterocycles. The lowest BCUT2D eigenvalue weighted by atomic mass is 9.73. The van der Waals surface area contributed by atoms with Gasteiger partial charge in [-0.15, -0.1) is 0 Å². The molecular weight excluding hydrogens is 220 g/mol. The number of Topliss-reactive ketones (excluding diaryl/α,β-unsaturated/α-hetero) is 1. The Bertz CT molecular complexity index is 464. The van der Waals surface area contributed by atoms with Crippen molar-refractivity contribution in [2.75, 3.05) is 0 Å². The fourth-order valence-electron chi connectivity index (χ4n) is 3.23. The Morgan fingerprint density at radius 1 is 0.833 bits per heavy atom. The van der Waals surface area contributed by atoms with E-state index in [4.69, 9.17) is 0 Å². The van der Waals surface area contributed by atoms with Crippen LogP contribution in [0.15, 0.2) is 0 Å². The lowest BCUT2D eigenvalue weighted by molar-refractivity contribution is -0.118. The molecule has 0 aliphatic rings. The molecule has 0 bridgehead atoms. The molecule has 18 heavy (non-hydrogen) atoms. The molecule has 0 saturated carbocycles. The number of benzene rings is 1. The van der Waals surface area contributed by atoms with E-state index in [1.54, 1.807) is 6.92 Å². The zero-order valence-electron chi connectivity index (χ0n) is 13.1. The van der Waals surface area contributed by atoms with Crippen molar-refractivity contribution < 1.29 is 4.79 Å². The maximum atomic E-state index is 11.5. The molecule has 0 N–H and O–H groups in total. The summed E-state index contributed by atoms with van der Waals surface area (Å²) in [5.74, 6) is 0.259.